The normalized spacial score (nSPS) is 16.5. The number of thiazole rings is 1. The van der Waals surface area contributed by atoms with Gasteiger partial charge in [0, 0.05) is 22.7 Å². The van der Waals surface area contributed by atoms with E-state index in [2.05, 4.69) is 45.3 Å². The summed E-state index contributed by atoms with van der Waals surface area (Å²) in [6.45, 7) is 4.27. The molecule has 1 fully saturated rings. The molecule has 1 aromatic heterocycles. The summed E-state index contributed by atoms with van der Waals surface area (Å²) < 4.78 is 0. The molecule has 0 spiro atoms. The number of anilines is 1. The van der Waals surface area contributed by atoms with Gasteiger partial charge in [0.05, 0.1) is 10.7 Å². The predicted molar refractivity (Wildman–Crippen MR) is 81.8 cm³/mol. The Hall–Kier alpha value is -1.39. The standard InChI is InChI=1S/C15H19N3S/c1-11-17-15(10-19-11)12-3-2-4-14(9-12)18-13-5-7-16-8-6-13/h2-4,9-10,13,16,18H,5-8H2,1H3. The van der Waals surface area contributed by atoms with Crippen molar-refractivity contribution in [1.29, 1.82) is 0 Å². The number of nitrogens with one attached hydrogen (secondary N) is 2. The van der Waals surface area contributed by atoms with Crippen molar-refractivity contribution in [1.82, 2.24) is 10.3 Å². The highest BCUT2D eigenvalue weighted by atomic mass is 32.1. The van der Waals surface area contributed by atoms with Gasteiger partial charge in [0.1, 0.15) is 0 Å². The van der Waals surface area contributed by atoms with Gasteiger partial charge >= 0.3 is 0 Å². The lowest BCUT2D eigenvalue weighted by Crippen LogP contribution is -2.35. The summed E-state index contributed by atoms with van der Waals surface area (Å²) >= 11 is 1.70. The van der Waals surface area contributed by atoms with Crippen molar-refractivity contribution in [2.24, 2.45) is 0 Å². The van der Waals surface area contributed by atoms with E-state index in [0.29, 0.717) is 6.04 Å². The molecule has 0 bridgehead atoms. The van der Waals surface area contributed by atoms with E-state index in [1.165, 1.54) is 24.1 Å². The maximum atomic E-state index is 4.55. The lowest BCUT2D eigenvalue weighted by Gasteiger charge is -2.24. The smallest absolute Gasteiger partial charge is 0.0901 e. The van der Waals surface area contributed by atoms with Crippen LogP contribution in [0.3, 0.4) is 0 Å². The van der Waals surface area contributed by atoms with Gasteiger partial charge in [-0.15, -0.1) is 11.3 Å². The maximum absolute atomic E-state index is 4.55. The van der Waals surface area contributed by atoms with E-state index >= 15 is 0 Å². The van der Waals surface area contributed by atoms with Gasteiger partial charge < -0.3 is 10.6 Å². The zero-order valence-electron chi connectivity index (χ0n) is 11.1. The lowest BCUT2D eigenvalue weighted by atomic mass is 10.1. The van der Waals surface area contributed by atoms with Crippen molar-refractivity contribution in [3.63, 3.8) is 0 Å². The van der Waals surface area contributed by atoms with Crippen molar-refractivity contribution in [2.45, 2.75) is 25.8 Å². The average Bonchev–Trinajstić information content (AvgIpc) is 2.87. The molecule has 0 radical (unpaired) electrons. The van der Waals surface area contributed by atoms with Gasteiger partial charge in [-0.05, 0) is 45.0 Å². The van der Waals surface area contributed by atoms with Gasteiger partial charge in [0.25, 0.3) is 0 Å². The number of hydrogen-bond donors (Lipinski definition) is 2. The number of hydrogen-bond acceptors (Lipinski definition) is 4. The predicted octanol–water partition coefficient (Wildman–Crippen LogP) is 3.28. The Balaban J connectivity index is 1.75. The van der Waals surface area contributed by atoms with E-state index in [0.717, 1.165) is 23.8 Å². The first kappa shape index (κ1) is 12.6. The van der Waals surface area contributed by atoms with Crippen LogP contribution in [-0.2, 0) is 0 Å². The van der Waals surface area contributed by atoms with E-state index in [4.69, 9.17) is 0 Å². The number of nitrogens with zero attached hydrogens (tertiary/aromatic N) is 1. The molecule has 1 aromatic carbocycles. The van der Waals surface area contributed by atoms with Crippen LogP contribution in [0.1, 0.15) is 17.8 Å². The van der Waals surface area contributed by atoms with Crippen LogP contribution in [-0.4, -0.2) is 24.1 Å². The Kier molecular flexibility index (Phi) is 3.80. The van der Waals surface area contributed by atoms with E-state index in [9.17, 15) is 0 Å². The van der Waals surface area contributed by atoms with Gasteiger partial charge in [0.2, 0.25) is 0 Å². The van der Waals surface area contributed by atoms with Gasteiger partial charge in [0.15, 0.2) is 0 Å². The van der Waals surface area contributed by atoms with E-state index in [-0.39, 0.29) is 0 Å². The molecule has 4 heteroatoms. The highest BCUT2D eigenvalue weighted by Crippen LogP contribution is 2.25. The highest BCUT2D eigenvalue weighted by molar-refractivity contribution is 7.09. The largest absolute Gasteiger partial charge is 0.382 e. The van der Waals surface area contributed by atoms with Crippen molar-refractivity contribution in [2.75, 3.05) is 18.4 Å². The average molecular weight is 273 g/mol. The summed E-state index contributed by atoms with van der Waals surface area (Å²) in [5.41, 5.74) is 3.48. The first-order valence-electron chi connectivity index (χ1n) is 6.81. The zero-order valence-corrected chi connectivity index (χ0v) is 12.0. The van der Waals surface area contributed by atoms with Crippen LogP contribution in [0, 0.1) is 6.92 Å². The second-order valence-electron chi connectivity index (χ2n) is 5.00. The molecule has 3 rings (SSSR count). The summed E-state index contributed by atoms with van der Waals surface area (Å²) in [5.74, 6) is 0. The Labute approximate surface area is 118 Å². The number of benzene rings is 1. The minimum atomic E-state index is 0.591. The molecule has 1 saturated heterocycles. The molecular formula is C15H19N3S. The summed E-state index contributed by atoms with van der Waals surface area (Å²) in [5, 5.41) is 10.3. The van der Waals surface area contributed by atoms with Crippen LogP contribution in [0.2, 0.25) is 0 Å². The van der Waals surface area contributed by atoms with Crippen LogP contribution in [0.5, 0.6) is 0 Å². The zero-order chi connectivity index (χ0) is 13.1. The topological polar surface area (TPSA) is 37.0 Å². The van der Waals surface area contributed by atoms with E-state index in [1.807, 2.05) is 6.92 Å². The van der Waals surface area contributed by atoms with Crippen LogP contribution in [0.4, 0.5) is 5.69 Å². The first-order valence-corrected chi connectivity index (χ1v) is 7.69. The summed E-state index contributed by atoms with van der Waals surface area (Å²) in [6.07, 6.45) is 2.39. The molecule has 2 heterocycles. The molecule has 3 nitrogen and oxygen atoms in total. The second kappa shape index (κ2) is 5.72. The third kappa shape index (κ3) is 3.14. The molecule has 2 aromatic rings. The number of aromatic nitrogens is 1. The SMILES string of the molecule is Cc1nc(-c2cccc(NC3CCNCC3)c2)cs1. The lowest BCUT2D eigenvalue weighted by molar-refractivity contribution is 0.479. The summed E-state index contributed by atoms with van der Waals surface area (Å²) in [6, 6.07) is 9.17. The van der Waals surface area contributed by atoms with Gasteiger partial charge in [-0.2, -0.15) is 0 Å². The minimum absolute atomic E-state index is 0.591. The van der Waals surface area contributed by atoms with Crippen LogP contribution < -0.4 is 10.6 Å². The van der Waals surface area contributed by atoms with Gasteiger partial charge in [-0.25, -0.2) is 4.98 Å². The van der Waals surface area contributed by atoms with Crippen molar-refractivity contribution >= 4 is 17.0 Å². The van der Waals surface area contributed by atoms with Crippen LogP contribution in [0.25, 0.3) is 11.3 Å². The fraction of sp³-hybridized carbons (Fsp3) is 0.400. The van der Waals surface area contributed by atoms with Gasteiger partial charge in [-0.1, -0.05) is 12.1 Å². The maximum Gasteiger partial charge on any atom is 0.0901 e. The molecule has 100 valence electrons. The highest BCUT2D eigenvalue weighted by Gasteiger charge is 2.12. The third-order valence-electron chi connectivity index (χ3n) is 3.49. The molecule has 19 heavy (non-hydrogen) atoms. The fourth-order valence-electron chi connectivity index (χ4n) is 2.47. The van der Waals surface area contributed by atoms with Crippen molar-refractivity contribution in [3.05, 3.63) is 34.7 Å². The summed E-state index contributed by atoms with van der Waals surface area (Å²) in [7, 11) is 0. The molecule has 0 unspecified atom stereocenters. The van der Waals surface area contributed by atoms with Crippen LogP contribution in [0.15, 0.2) is 29.6 Å². The van der Waals surface area contributed by atoms with E-state index in [1.54, 1.807) is 11.3 Å². The number of aryl methyl sites for hydroxylation is 1. The monoisotopic (exact) mass is 273 g/mol. The van der Waals surface area contributed by atoms with Crippen molar-refractivity contribution in [3.8, 4) is 11.3 Å². The molecule has 2 N–H and O–H groups in total. The quantitative estimate of drug-likeness (QED) is 0.901. The Morgan fingerprint density at radius 2 is 2.16 bits per heavy atom. The number of rotatable bonds is 3. The molecule has 1 aliphatic rings. The molecule has 0 amide bonds. The fourth-order valence-corrected chi connectivity index (χ4v) is 3.09. The molecular weight excluding hydrogens is 254 g/mol. The Morgan fingerprint density at radius 1 is 1.32 bits per heavy atom. The second-order valence-corrected chi connectivity index (χ2v) is 6.06. The molecule has 0 aliphatic carbocycles. The van der Waals surface area contributed by atoms with E-state index < -0.39 is 0 Å². The minimum Gasteiger partial charge on any atom is -0.382 e. The Morgan fingerprint density at radius 3 is 2.89 bits per heavy atom. The number of piperidine rings is 1. The summed E-state index contributed by atoms with van der Waals surface area (Å²) in [4.78, 5) is 4.55. The van der Waals surface area contributed by atoms with Crippen LogP contribution >= 0.6 is 11.3 Å². The molecule has 0 saturated carbocycles. The Bertz CT molecular complexity index is 544. The van der Waals surface area contributed by atoms with Gasteiger partial charge in [-0.3, -0.25) is 0 Å². The molecule has 0 atom stereocenters. The first-order chi connectivity index (χ1) is 9.31. The van der Waals surface area contributed by atoms with Crippen molar-refractivity contribution < 1.29 is 0 Å². The third-order valence-corrected chi connectivity index (χ3v) is 4.26. The molecule has 1 aliphatic heterocycles.